The number of benzene rings is 2. The number of aromatic nitrogens is 3. The molecule has 2 aromatic carbocycles. The molecule has 8 heterocycles. The Morgan fingerprint density at radius 2 is 1.79 bits per heavy atom. The quantitative estimate of drug-likeness (QED) is 0.183. The summed E-state index contributed by atoms with van der Waals surface area (Å²) in [4.78, 5) is 41.4. The van der Waals surface area contributed by atoms with E-state index in [4.69, 9.17) is 14.8 Å². The summed E-state index contributed by atoms with van der Waals surface area (Å²) < 4.78 is 21.3. The Morgan fingerprint density at radius 1 is 0.967 bits per heavy atom. The number of carbonyl (C=O) groups is 2. The van der Waals surface area contributed by atoms with Crippen LogP contribution in [0.15, 0.2) is 77.2 Å². The van der Waals surface area contributed by atoms with Crippen LogP contribution in [0.3, 0.4) is 0 Å². The Balaban J connectivity index is 0.705. The van der Waals surface area contributed by atoms with Gasteiger partial charge in [-0.3, -0.25) is 28.7 Å². The number of likely N-dealkylation sites (tertiary alicyclic amines) is 1. The number of hydrogen-bond donors (Lipinski definition) is 3. The van der Waals surface area contributed by atoms with Gasteiger partial charge in [0, 0.05) is 89.8 Å². The van der Waals surface area contributed by atoms with Crippen LogP contribution in [0.4, 0.5) is 22.7 Å². The molecular formula is C46H54N10O4S. The number of piperidine rings is 3. The van der Waals surface area contributed by atoms with Gasteiger partial charge in [-0.2, -0.15) is 5.10 Å². The van der Waals surface area contributed by atoms with Crippen molar-refractivity contribution >= 4 is 62.0 Å². The number of amides is 2. The number of anilines is 4. The lowest BCUT2D eigenvalue weighted by Gasteiger charge is -2.48. The monoisotopic (exact) mass is 842 g/mol. The van der Waals surface area contributed by atoms with E-state index >= 15 is 0 Å². The second-order valence-corrected chi connectivity index (χ2v) is 18.9. The number of hydrogen-bond acceptors (Lipinski definition) is 12. The molecule has 3 N–H and O–H groups in total. The van der Waals surface area contributed by atoms with E-state index in [9.17, 15) is 13.8 Å². The predicted octanol–water partition coefficient (Wildman–Crippen LogP) is 5.53. The number of aryl methyl sites for hydroxylation is 1. The number of imide groups is 1. The molecule has 6 aliphatic heterocycles. The van der Waals surface area contributed by atoms with Crippen molar-refractivity contribution in [3.63, 3.8) is 0 Å². The lowest BCUT2D eigenvalue weighted by Crippen LogP contribution is -2.61. The third kappa shape index (κ3) is 8.05. The second kappa shape index (κ2) is 16.7. The molecule has 61 heavy (non-hydrogen) atoms. The fourth-order valence-electron chi connectivity index (χ4n) is 9.77. The van der Waals surface area contributed by atoms with Crippen LogP contribution in [0.5, 0.6) is 5.88 Å². The van der Waals surface area contributed by atoms with Gasteiger partial charge < -0.3 is 25.2 Å². The molecule has 0 saturated carbocycles. The summed E-state index contributed by atoms with van der Waals surface area (Å²) in [5, 5.41) is 15.4. The van der Waals surface area contributed by atoms with E-state index in [2.05, 4.69) is 97.2 Å². The third-order valence-electron chi connectivity index (χ3n) is 13.3. The van der Waals surface area contributed by atoms with Gasteiger partial charge in [-0.25, -0.2) is 9.98 Å². The Kier molecular flexibility index (Phi) is 10.9. The van der Waals surface area contributed by atoms with Gasteiger partial charge in [-0.1, -0.05) is 18.2 Å². The van der Waals surface area contributed by atoms with E-state index in [0.29, 0.717) is 37.1 Å². The number of aliphatic imine (C=N–C) groups is 1. The lowest BCUT2D eigenvalue weighted by molar-refractivity contribution is -0.134. The Morgan fingerprint density at radius 3 is 2.61 bits per heavy atom. The average Bonchev–Trinajstić information content (AvgIpc) is 3.57. The zero-order chi connectivity index (χ0) is 41.6. The summed E-state index contributed by atoms with van der Waals surface area (Å²) in [5.41, 5.74) is 10.6. The molecule has 318 valence electrons. The van der Waals surface area contributed by atoms with Crippen molar-refractivity contribution in [2.75, 3.05) is 72.9 Å². The molecule has 4 fully saturated rings. The van der Waals surface area contributed by atoms with Crippen molar-refractivity contribution in [1.82, 2.24) is 25.0 Å². The maximum absolute atomic E-state index is 13.6. The van der Waals surface area contributed by atoms with E-state index in [0.717, 1.165) is 140 Å². The van der Waals surface area contributed by atoms with E-state index in [1.807, 2.05) is 17.9 Å². The largest absolute Gasteiger partial charge is 0.474 e. The molecule has 6 aliphatic rings. The fraction of sp³-hybridized carbons (Fsp3) is 0.457. The smallest absolute Gasteiger partial charge is 0.237 e. The zero-order valence-corrected chi connectivity index (χ0v) is 35.8. The van der Waals surface area contributed by atoms with Gasteiger partial charge >= 0.3 is 0 Å². The number of nitrogens with zero attached hydrogens (tertiary/aromatic N) is 7. The van der Waals surface area contributed by atoms with Crippen molar-refractivity contribution in [2.24, 2.45) is 12.0 Å². The Bertz CT molecular complexity index is 2480. The highest BCUT2D eigenvalue weighted by Crippen LogP contribution is 2.37. The summed E-state index contributed by atoms with van der Waals surface area (Å²) in [5.74, 6) is 1.24. The Hall–Kier alpha value is -5.54. The molecule has 15 heteroatoms. The molecule has 0 radical (unpaired) electrons. The van der Waals surface area contributed by atoms with Crippen molar-refractivity contribution in [2.45, 2.75) is 74.8 Å². The van der Waals surface area contributed by atoms with Crippen molar-refractivity contribution in [1.29, 1.82) is 0 Å². The van der Waals surface area contributed by atoms with Crippen molar-refractivity contribution < 1.29 is 18.5 Å². The Labute approximate surface area is 358 Å². The number of rotatable bonds is 9. The highest BCUT2D eigenvalue weighted by atomic mass is 32.2. The number of allylic oxidation sites excluding steroid dienone is 2. The predicted molar refractivity (Wildman–Crippen MR) is 241 cm³/mol. The molecule has 10 rings (SSSR count). The van der Waals surface area contributed by atoms with Gasteiger partial charge in [0.15, 0.2) is 0 Å². The maximum atomic E-state index is 13.6. The van der Waals surface area contributed by atoms with Crippen LogP contribution < -0.4 is 30.5 Å². The van der Waals surface area contributed by atoms with E-state index < -0.39 is 16.7 Å². The van der Waals surface area contributed by atoms with Gasteiger partial charge in [-0.15, -0.1) is 0 Å². The SMILES string of the molecule is Cc1c(N2CCC3=C/CCC=C(Nc4ccc(CS(=O)C5CCN(C6CN(c7ccc8c(C9CCC(=O)NC9=O)nn(C)c8c7)C6)CC5)cc4)/N=C\3C2)cnc2c1NCCO2. The zero-order valence-electron chi connectivity index (χ0n) is 35.0. The molecule has 0 aliphatic carbocycles. The summed E-state index contributed by atoms with van der Waals surface area (Å²) in [6.45, 7) is 9.05. The second-order valence-electron chi connectivity index (χ2n) is 17.2. The first-order valence-corrected chi connectivity index (χ1v) is 23.2. The standard InChI is InChI=1S/C46H54N10O4S/c1-29-40(24-48-46-43(29)47-18-22-60-46)55-19-15-31-5-3-4-6-41(50-38(31)27-55)49-32-9-7-30(8-10-32)28-61(59)35-16-20-54(21-17-35)34-25-56(26-34)33-11-12-36-39(23-33)53(2)52-44(36)37-13-14-42(57)51-45(37)58/h5-12,23-24,34-35,37,47,49H,3-4,13-22,25-28H2,1-2H3,(H,51,57,58)/b31-5-,41-6?,50-38-. The molecular weight excluding hydrogens is 789 g/mol. The van der Waals surface area contributed by atoms with E-state index in [1.165, 1.54) is 5.57 Å². The number of nitrogens with one attached hydrogen (secondary N) is 3. The minimum Gasteiger partial charge on any atom is -0.474 e. The molecule has 4 saturated heterocycles. The summed E-state index contributed by atoms with van der Waals surface area (Å²) in [6, 6.07) is 15.2. The first-order valence-electron chi connectivity index (χ1n) is 21.8. The number of fused-ring (bicyclic) bond motifs is 3. The molecule has 4 aromatic rings. The van der Waals surface area contributed by atoms with Gasteiger partial charge in [0.05, 0.1) is 41.3 Å². The van der Waals surface area contributed by atoms with Gasteiger partial charge in [0.2, 0.25) is 17.7 Å². The van der Waals surface area contributed by atoms with Crippen LogP contribution in [-0.4, -0.2) is 105 Å². The normalized spacial score (nSPS) is 23.7. The molecule has 0 bridgehead atoms. The summed E-state index contributed by atoms with van der Waals surface area (Å²) in [6.07, 6.45) is 12.1. The van der Waals surface area contributed by atoms with Gasteiger partial charge in [0.25, 0.3) is 0 Å². The highest BCUT2D eigenvalue weighted by Gasteiger charge is 2.36. The van der Waals surface area contributed by atoms with Crippen molar-refractivity contribution in [3.8, 4) is 5.88 Å². The van der Waals surface area contributed by atoms with Gasteiger partial charge in [-0.05, 0) is 106 Å². The maximum Gasteiger partial charge on any atom is 0.237 e. The number of carbonyl (C=O) groups excluding carboxylic acids is 2. The average molecular weight is 843 g/mol. The topological polar surface area (TPSA) is 149 Å². The summed E-state index contributed by atoms with van der Waals surface area (Å²) in [7, 11) is 0.975. The molecule has 14 nitrogen and oxygen atoms in total. The molecule has 0 spiro atoms. The summed E-state index contributed by atoms with van der Waals surface area (Å²) >= 11 is 0. The number of ether oxygens (including phenoxy) is 1. The van der Waals surface area contributed by atoms with Crippen LogP contribution in [0.25, 0.3) is 10.9 Å². The minimum atomic E-state index is -0.937. The third-order valence-corrected chi connectivity index (χ3v) is 15.2. The van der Waals surface area contributed by atoms with Crippen LogP contribution in [0.2, 0.25) is 0 Å². The van der Waals surface area contributed by atoms with Crippen LogP contribution >= 0.6 is 0 Å². The molecule has 2 atom stereocenters. The van der Waals surface area contributed by atoms with E-state index in [1.54, 1.807) is 0 Å². The molecule has 2 amide bonds. The lowest BCUT2D eigenvalue weighted by atomic mass is 9.92. The number of pyridine rings is 1. The molecule has 2 aromatic heterocycles. The fourth-order valence-corrected chi connectivity index (χ4v) is 11.3. The van der Waals surface area contributed by atoms with Crippen molar-refractivity contribution in [3.05, 3.63) is 89.0 Å². The minimum absolute atomic E-state index is 0.203. The molecule has 2 unspecified atom stereocenters. The van der Waals surface area contributed by atoms with Gasteiger partial charge in [0.1, 0.15) is 18.1 Å². The van der Waals surface area contributed by atoms with Crippen LogP contribution in [0, 0.1) is 6.92 Å². The highest BCUT2D eigenvalue weighted by molar-refractivity contribution is 7.84. The first-order chi connectivity index (χ1) is 29.7. The first kappa shape index (κ1) is 39.6. The van der Waals surface area contributed by atoms with E-state index in [-0.39, 0.29) is 17.1 Å². The van der Waals surface area contributed by atoms with Crippen LogP contribution in [0.1, 0.15) is 67.7 Å². The van der Waals surface area contributed by atoms with Crippen LogP contribution in [-0.2, 0) is 33.2 Å².